The van der Waals surface area contributed by atoms with E-state index in [4.69, 9.17) is 11.1 Å². The van der Waals surface area contributed by atoms with Crippen LogP contribution >= 0.6 is 0 Å². The number of nitrogens with zero attached hydrogens (tertiary/aromatic N) is 5. The molecule has 7 heteroatoms. The van der Waals surface area contributed by atoms with Crippen LogP contribution in [0.25, 0.3) is 0 Å². The van der Waals surface area contributed by atoms with Gasteiger partial charge in [0.2, 0.25) is 5.95 Å². The summed E-state index contributed by atoms with van der Waals surface area (Å²) < 4.78 is 1.63. The third kappa shape index (κ3) is 3.48. The van der Waals surface area contributed by atoms with Crippen LogP contribution in [0.3, 0.4) is 0 Å². The molecule has 0 fully saturated rings. The third-order valence-corrected chi connectivity index (χ3v) is 2.12. The zero-order valence-corrected chi connectivity index (χ0v) is 10.0. The van der Waals surface area contributed by atoms with Crippen molar-refractivity contribution in [2.75, 3.05) is 18.0 Å². The van der Waals surface area contributed by atoms with Gasteiger partial charge in [-0.05, 0) is 16.3 Å². The number of nitrogens with two attached hydrogens (primary N) is 1. The summed E-state index contributed by atoms with van der Waals surface area (Å²) >= 11 is 0. The lowest BCUT2D eigenvalue weighted by molar-refractivity contribution is 0.589. The molecule has 3 N–H and O–H groups in total. The van der Waals surface area contributed by atoms with Crippen molar-refractivity contribution in [3.05, 3.63) is 0 Å². The fourth-order valence-electron chi connectivity index (χ4n) is 1.46. The highest BCUT2D eigenvalue weighted by atomic mass is 15.6. The molecule has 0 aliphatic carbocycles. The second-order valence-corrected chi connectivity index (χ2v) is 4.22. The molecule has 0 amide bonds. The molecule has 0 bridgehead atoms. The summed E-state index contributed by atoms with van der Waals surface area (Å²) in [5.74, 6) is 1.41. The summed E-state index contributed by atoms with van der Waals surface area (Å²) in [7, 11) is 1.80. The number of hydrogen-bond acceptors (Lipinski definition) is 5. The Kier molecular flexibility index (Phi) is 4.21. The number of aryl methyl sites for hydroxylation is 1. The molecule has 0 saturated heterocycles. The van der Waals surface area contributed by atoms with Crippen LogP contribution in [0.15, 0.2) is 0 Å². The Morgan fingerprint density at radius 3 is 2.69 bits per heavy atom. The van der Waals surface area contributed by atoms with Crippen LogP contribution in [0.2, 0.25) is 0 Å². The fourth-order valence-corrected chi connectivity index (χ4v) is 1.46. The van der Waals surface area contributed by atoms with Crippen LogP contribution in [0, 0.1) is 11.3 Å². The van der Waals surface area contributed by atoms with E-state index in [1.807, 2.05) is 4.90 Å². The van der Waals surface area contributed by atoms with Gasteiger partial charge in [0, 0.05) is 26.6 Å². The fraction of sp³-hybridized carbons (Fsp3) is 0.778. The molecule has 0 spiro atoms. The maximum atomic E-state index is 7.24. The number of amidine groups is 1. The predicted octanol–water partition coefficient (Wildman–Crippen LogP) is -0.00143. The normalized spacial score (nSPS) is 10.8. The van der Waals surface area contributed by atoms with Gasteiger partial charge in [-0.1, -0.05) is 18.9 Å². The second kappa shape index (κ2) is 5.43. The Balaban J connectivity index is 2.71. The quantitative estimate of drug-likeness (QED) is 0.524. The SMILES string of the molecule is CC(C)CN(CCC(=N)N)c1nnnn1C. The van der Waals surface area contributed by atoms with E-state index >= 15 is 0 Å². The van der Waals surface area contributed by atoms with Crippen molar-refractivity contribution in [1.82, 2.24) is 20.2 Å². The molecule has 1 heterocycles. The summed E-state index contributed by atoms with van der Waals surface area (Å²) in [5.41, 5.74) is 5.36. The molecular weight excluding hydrogens is 206 g/mol. The standard InChI is InChI=1S/C9H19N7/c1-7(2)6-16(5-4-8(10)11)9-12-13-14-15(9)3/h7H,4-6H2,1-3H3,(H3,10,11). The van der Waals surface area contributed by atoms with E-state index in [9.17, 15) is 0 Å². The van der Waals surface area contributed by atoms with Gasteiger partial charge in [0.25, 0.3) is 0 Å². The van der Waals surface area contributed by atoms with Gasteiger partial charge >= 0.3 is 0 Å². The van der Waals surface area contributed by atoms with Crippen LogP contribution in [-0.2, 0) is 7.05 Å². The van der Waals surface area contributed by atoms with Crippen LogP contribution in [-0.4, -0.2) is 39.1 Å². The van der Waals surface area contributed by atoms with Gasteiger partial charge in [-0.15, -0.1) is 0 Å². The lowest BCUT2D eigenvalue weighted by Crippen LogP contribution is -2.33. The molecule has 0 unspecified atom stereocenters. The molecule has 1 aromatic heterocycles. The average Bonchev–Trinajstić information content (AvgIpc) is 2.58. The zero-order chi connectivity index (χ0) is 12.1. The molecule has 16 heavy (non-hydrogen) atoms. The minimum atomic E-state index is 0.184. The summed E-state index contributed by atoms with van der Waals surface area (Å²) in [6.45, 7) is 5.78. The monoisotopic (exact) mass is 225 g/mol. The van der Waals surface area contributed by atoms with Gasteiger partial charge in [-0.2, -0.15) is 0 Å². The van der Waals surface area contributed by atoms with E-state index in [2.05, 4.69) is 29.4 Å². The topological polar surface area (TPSA) is 96.7 Å². The molecule has 0 aliphatic heterocycles. The van der Waals surface area contributed by atoms with E-state index in [-0.39, 0.29) is 5.84 Å². The molecule has 0 aliphatic rings. The predicted molar refractivity (Wildman–Crippen MR) is 62.4 cm³/mol. The highest BCUT2D eigenvalue weighted by molar-refractivity contribution is 5.77. The molecule has 90 valence electrons. The first-order chi connectivity index (χ1) is 7.50. The highest BCUT2D eigenvalue weighted by Crippen LogP contribution is 2.10. The van der Waals surface area contributed by atoms with E-state index in [0.29, 0.717) is 18.9 Å². The first-order valence-electron chi connectivity index (χ1n) is 5.31. The van der Waals surface area contributed by atoms with Gasteiger partial charge in [0.1, 0.15) is 0 Å². The summed E-state index contributed by atoms with van der Waals surface area (Å²) in [6.07, 6.45) is 0.527. The lowest BCUT2D eigenvalue weighted by atomic mass is 10.2. The number of tetrazole rings is 1. The Bertz CT molecular complexity index is 343. The van der Waals surface area contributed by atoms with Gasteiger partial charge in [0.05, 0.1) is 5.84 Å². The van der Waals surface area contributed by atoms with Crippen LogP contribution < -0.4 is 10.6 Å². The first kappa shape index (κ1) is 12.4. The van der Waals surface area contributed by atoms with E-state index in [1.54, 1.807) is 11.7 Å². The highest BCUT2D eigenvalue weighted by Gasteiger charge is 2.14. The van der Waals surface area contributed by atoms with Crippen molar-refractivity contribution in [1.29, 1.82) is 5.41 Å². The Labute approximate surface area is 95.1 Å². The number of nitrogens with one attached hydrogen (secondary N) is 1. The van der Waals surface area contributed by atoms with Crippen molar-refractivity contribution in [3.8, 4) is 0 Å². The van der Waals surface area contributed by atoms with Gasteiger partial charge in [0.15, 0.2) is 0 Å². The van der Waals surface area contributed by atoms with Crippen LogP contribution in [0.1, 0.15) is 20.3 Å². The number of aromatic nitrogens is 4. The van der Waals surface area contributed by atoms with Crippen molar-refractivity contribution in [3.63, 3.8) is 0 Å². The van der Waals surface area contributed by atoms with Gasteiger partial charge in [-0.25, -0.2) is 4.68 Å². The molecule has 0 saturated carbocycles. The minimum absolute atomic E-state index is 0.184. The zero-order valence-electron chi connectivity index (χ0n) is 10.0. The van der Waals surface area contributed by atoms with Crippen molar-refractivity contribution < 1.29 is 0 Å². The average molecular weight is 225 g/mol. The maximum Gasteiger partial charge on any atom is 0.245 e. The first-order valence-corrected chi connectivity index (χ1v) is 5.31. The molecule has 1 rings (SSSR count). The third-order valence-electron chi connectivity index (χ3n) is 2.12. The Hall–Kier alpha value is -1.66. The molecule has 0 aromatic carbocycles. The summed E-state index contributed by atoms with van der Waals surface area (Å²) in [4.78, 5) is 2.05. The molecule has 7 nitrogen and oxygen atoms in total. The van der Waals surface area contributed by atoms with Crippen molar-refractivity contribution in [2.45, 2.75) is 20.3 Å². The van der Waals surface area contributed by atoms with Crippen LogP contribution in [0.5, 0.6) is 0 Å². The molecule has 0 radical (unpaired) electrons. The molecule has 1 aromatic rings. The minimum Gasteiger partial charge on any atom is -0.388 e. The number of anilines is 1. The summed E-state index contributed by atoms with van der Waals surface area (Å²) in [5, 5.41) is 18.6. The molecular formula is C9H19N7. The number of rotatable bonds is 6. The van der Waals surface area contributed by atoms with Crippen LogP contribution in [0.4, 0.5) is 5.95 Å². The maximum absolute atomic E-state index is 7.24. The van der Waals surface area contributed by atoms with Crippen molar-refractivity contribution >= 4 is 11.8 Å². The van der Waals surface area contributed by atoms with E-state index in [1.165, 1.54) is 0 Å². The van der Waals surface area contributed by atoms with Crippen molar-refractivity contribution in [2.24, 2.45) is 18.7 Å². The Morgan fingerprint density at radius 2 is 2.25 bits per heavy atom. The Morgan fingerprint density at radius 1 is 1.56 bits per heavy atom. The van der Waals surface area contributed by atoms with Gasteiger partial charge in [-0.3, -0.25) is 5.41 Å². The largest absolute Gasteiger partial charge is 0.388 e. The smallest absolute Gasteiger partial charge is 0.245 e. The number of hydrogen-bond donors (Lipinski definition) is 2. The lowest BCUT2D eigenvalue weighted by Gasteiger charge is -2.23. The molecule has 0 atom stereocenters. The van der Waals surface area contributed by atoms with E-state index < -0.39 is 0 Å². The summed E-state index contributed by atoms with van der Waals surface area (Å²) in [6, 6.07) is 0. The van der Waals surface area contributed by atoms with Gasteiger partial charge < -0.3 is 10.6 Å². The second-order valence-electron chi connectivity index (χ2n) is 4.22. The van der Waals surface area contributed by atoms with E-state index in [0.717, 1.165) is 12.5 Å².